The van der Waals surface area contributed by atoms with Crippen LogP contribution in [0.25, 0.3) is 101 Å². The van der Waals surface area contributed by atoms with Gasteiger partial charge in [-0.25, -0.2) is 0 Å². The van der Waals surface area contributed by atoms with Crippen molar-refractivity contribution in [3.05, 3.63) is 328 Å². The third-order valence-corrected chi connectivity index (χ3v) is 71.7. The predicted octanol–water partition coefficient (Wildman–Crippen LogP) is 30.3. The number of furan rings is 1. The first-order valence-electron chi connectivity index (χ1n) is 47.8. The molecule has 0 aliphatic heterocycles. The van der Waals surface area contributed by atoms with Crippen LogP contribution < -0.4 is 28.7 Å². The maximum Gasteiger partial charge on any atom is 0 e. The minimum Gasteiger partial charge on any atom is 0 e. The van der Waals surface area contributed by atoms with Crippen molar-refractivity contribution in [2.75, 3.05) is 0 Å². The minimum absolute atomic E-state index is 0. The second-order valence-corrected chi connectivity index (χ2v) is 93.1. The Morgan fingerprint density at radius 2 is 0.664 bits per heavy atom. The van der Waals surface area contributed by atoms with Crippen LogP contribution in [0, 0.1) is 42.3 Å². The van der Waals surface area contributed by atoms with Crippen LogP contribution in [0.4, 0.5) is 0 Å². The van der Waals surface area contributed by atoms with Gasteiger partial charge in [0.2, 0.25) is 0 Å². The van der Waals surface area contributed by atoms with E-state index in [2.05, 4.69) is 400 Å². The van der Waals surface area contributed by atoms with Crippen LogP contribution in [0.5, 0.6) is 0 Å². The Labute approximate surface area is 859 Å². The van der Waals surface area contributed by atoms with E-state index in [0.29, 0.717) is 22.5 Å². The Balaban J connectivity index is 0.000000219. The fraction of sp³-hybridized carbons (Fsp3) is 0.339. The molecule has 15 aromatic rings. The van der Waals surface area contributed by atoms with Gasteiger partial charge in [-0.05, 0) is 73.2 Å². The number of aromatic nitrogens is 6. The van der Waals surface area contributed by atoms with Gasteiger partial charge in [-0.1, -0.05) is 184 Å². The zero-order chi connectivity index (χ0) is 95.3. The predicted molar refractivity (Wildman–Crippen MR) is 583 cm³/mol. The molecule has 0 amide bonds. The molecule has 7 heterocycles. The molecule has 0 bridgehead atoms. The van der Waals surface area contributed by atoms with Gasteiger partial charge in [0.1, 0.15) is 5.58 Å². The van der Waals surface area contributed by atoms with Crippen molar-refractivity contribution in [1.29, 1.82) is 0 Å². The summed E-state index contributed by atoms with van der Waals surface area (Å²) in [5.41, 5.74) is 20.2. The third-order valence-electron chi connectivity index (χ3n) is 26.8. The number of fused-ring (bicyclic) bond motifs is 3. The van der Waals surface area contributed by atoms with Gasteiger partial charge in [-0.3, -0.25) is 0 Å². The summed E-state index contributed by atoms with van der Waals surface area (Å²) >= 11 is -6.15. The zero-order valence-electron chi connectivity index (χ0n) is 85.2. The van der Waals surface area contributed by atoms with Crippen molar-refractivity contribution in [3.8, 4) is 78.7 Å². The second-order valence-electron chi connectivity index (χ2n) is 41.6. The SMILES string of the molecule is CC(C)Cc1cc(-c2[c-]ccc(-c3ccccc3)c2)ncc1[Si](C)(C)C.CC(C)[Si](c1ccc(-c2[c-]cccc2)nc1)(C(C)C)C(C)C.C[CH](C)[Ge]([c]1ccc(-c2[c-]cccc2)nc1)([CH](C)C)[CH](C)C.C[CH](C)[Ge]([c]1ccc(-c2[c-]cccc2)nc1)([CH](C)C)[CH](C)C.C[Si](C)(C)c1ccc(-c2[c-]cc3oc4ccccc4c3c2)nc1.[CH3][Ge]([CH3])([CH3])[c]1ccc(-c2[c-]cccc2)nc1.[Ir].[Ir].[Ir]. The molecule has 15 rings (SSSR count). The van der Waals surface area contributed by atoms with Crippen LogP contribution in [0.2, 0.25) is 102 Å². The number of rotatable bonds is 24. The van der Waals surface area contributed by atoms with E-state index in [1.54, 1.807) is 8.79 Å². The molecule has 0 fully saturated rings. The fourth-order valence-electron chi connectivity index (χ4n) is 20.8. The standard InChI is InChI=1S/C24H28NSi.2C20H28GeN.C20H18NOSi.C20H28NSi.C14H16GeN.3Ir/c1-18(2)14-22-16-23(25-17-24(22)26(3,4)5)21-13-9-12-20(15-21)19-10-7-6-8-11-19;2*1-15(2)21(16(3)4,17(5)6)19-12-13-20(22-14-19)18-10-8-7-9-11-18;1-23(2,3)15-9-10-18(21-13-15)14-8-11-20-17(12-14)16-6-4-5-7-19(16)22-20;1-15(2)22(16(3)4,17(5)6)19-12-13-20(21-14-19)18-10-8-7-9-11-18;1-15(2,3)13-9-10-14(16-11-13)12-7-5-4-6-8-12;;;/h6-12,15-18H,14H2,1-5H3;2*7-10,12-17H,1-6H3;4-7,9-13H,1-3H3;7-10,12-17H,1-6H3;4-7,9-11H,1-3H3;;;/q6*-1;;;. The van der Waals surface area contributed by atoms with Crippen molar-refractivity contribution < 1.29 is 64.7 Å². The Hall–Kier alpha value is -7.31. The summed E-state index contributed by atoms with van der Waals surface area (Å²) in [4.78, 5) is 28.3. The van der Waals surface area contributed by atoms with Crippen LogP contribution in [0.15, 0.2) is 290 Å². The Morgan fingerprint density at radius 3 is 1.02 bits per heavy atom. The number of nitrogens with zero attached hydrogens (tertiary/aromatic N) is 6. The van der Waals surface area contributed by atoms with Crippen molar-refractivity contribution in [3.63, 3.8) is 0 Å². The summed E-state index contributed by atoms with van der Waals surface area (Å²) in [7, 11) is -4.32. The Morgan fingerprint density at radius 1 is 0.299 bits per heavy atom. The molecule has 0 unspecified atom stereocenters. The van der Waals surface area contributed by atoms with Crippen LogP contribution in [-0.4, -0.2) is 93.9 Å². The van der Waals surface area contributed by atoms with Crippen molar-refractivity contribution in [2.45, 2.75) is 247 Å². The molecule has 3 radical (unpaired) electrons. The van der Waals surface area contributed by atoms with Crippen LogP contribution in [0.1, 0.15) is 144 Å². The van der Waals surface area contributed by atoms with E-state index in [1.165, 1.54) is 36.6 Å². The summed E-state index contributed by atoms with van der Waals surface area (Å²) in [6.45, 7) is 62.1. The van der Waals surface area contributed by atoms with Crippen molar-refractivity contribution in [1.82, 2.24) is 29.9 Å². The molecule has 8 aromatic carbocycles. The van der Waals surface area contributed by atoms with E-state index in [-0.39, 0.29) is 60.3 Å². The van der Waals surface area contributed by atoms with Gasteiger partial charge in [-0.2, -0.15) is 0 Å². The minimum atomic E-state index is -2.22. The van der Waals surface area contributed by atoms with Gasteiger partial charge in [0, 0.05) is 84.3 Å². The summed E-state index contributed by atoms with van der Waals surface area (Å²) in [6.07, 6.45) is 13.8. The average Bonchev–Trinajstić information content (AvgIpc) is 1.74. The Kier molecular flexibility index (Phi) is 43.7. The normalized spacial score (nSPS) is 11.8. The first-order valence-corrected chi connectivity index (χ1v) is 73.7. The summed E-state index contributed by atoms with van der Waals surface area (Å²) in [5.74, 6) is 7.78. The van der Waals surface area contributed by atoms with Gasteiger partial charge in [-0.15, -0.1) is 95.1 Å². The fourth-order valence-corrected chi connectivity index (χ4v) is 60.2. The van der Waals surface area contributed by atoms with Gasteiger partial charge < -0.3 is 19.4 Å². The number of benzene rings is 8. The molecular weight excluding hydrogens is 2400 g/mol. The molecule has 0 saturated heterocycles. The van der Waals surface area contributed by atoms with E-state index in [0.717, 1.165) is 124 Å². The van der Waals surface area contributed by atoms with E-state index >= 15 is 0 Å². The van der Waals surface area contributed by atoms with Crippen molar-refractivity contribution >= 4 is 115 Å². The molecule has 7 aromatic heterocycles. The molecule has 0 spiro atoms. The third kappa shape index (κ3) is 28.3. The van der Waals surface area contributed by atoms with Crippen LogP contribution in [0.3, 0.4) is 0 Å². The smallest absolute Gasteiger partial charge is 0 e. The molecule has 0 N–H and O–H groups in total. The molecular formula is C118H146Ge3Ir3N6OSi3-6. The maximum absolute atomic E-state index is 5.86. The maximum atomic E-state index is 5.86. The molecule has 134 heavy (non-hydrogen) atoms. The molecule has 711 valence electrons. The molecule has 0 atom stereocenters. The number of hydrogen-bond acceptors (Lipinski definition) is 7. The molecule has 0 aliphatic carbocycles. The largest absolute Gasteiger partial charge is 0 e. The zero-order valence-corrected chi connectivity index (χ0v) is 102. The van der Waals surface area contributed by atoms with Gasteiger partial charge in [0.05, 0.1) is 29.8 Å². The molecule has 16 heteroatoms. The van der Waals surface area contributed by atoms with E-state index in [9.17, 15) is 0 Å². The molecule has 7 nitrogen and oxygen atoms in total. The van der Waals surface area contributed by atoms with E-state index in [4.69, 9.17) is 24.4 Å². The van der Waals surface area contributed by atoms with Crippen LogP contribution in [-0.2, 0) is 66.7 Å². The monoisotopic (exact) mass is 2550 g/mol. The summed E-state index contributed by atoms with van der Waals surface area (Å²) in [6, 6.07) is 105. The van der Waals surface area contributed by atoms with Gasteiger partial charge in [0.25, 0.3) is 0 Å². The van der Waals surface area contributed by atoms with Crippen LogP contribution >= 0.6 is 0 Å². The first-order chi connectivity index (χ1) is 62.1. The average molecular weight is 2540 g/mol. The molecule has 0 saturated carbocycles. The van der Waals surface area contributed by atoms with Gasteiger partial charge >= 0.3 is 377 Å². The first kappa shape index (κ1) is 114. The summed E-state index contributed by atoms with van der Waals surface area (Å²) in [5, 5.41) is 6.60. The topological polar surface area (TPSA) is 90.5 Å². The Bertz CT molecular complexity index is 5680. The second kappa shape index (κ2) is 51.6. The van der Waals surface area contributed by atoms with E-state index in [1.807, 2.05) is 128 Å². The van der Waals surface area contributed by atoms with E-state index < -0.39 is 64.0 Å². The quantitative estimate of drug-likeness (QED) is 0.0440. The summed E-state index contributed by atoms with van der Waals surface area (Å²) < 4.78 is 14.9. The number of para-hydroxylation sites is 1. The van der Waals surface area contributed by atoms with Gasteiger partial charge in [0.15, 0.2) is 0 Å². The molecule has 0 aliphatic rings. The number of pyridine rings is 6. The van der Waals surface area contributed by atoms with Crippen molar-refractivity contribution in [2.24, 2.45) is 5.92 Å². The number of hydrogen-bond donors (Lipinski definition) is 0.